The maximum Gasteiger partial charge on any atom is 0.228 e. The van der Waals surface area contributed by atoms with Crippen LogP contribution >= 0.6 is 0 Å². The molecule has 0 aliphatic heterocycles. The van der Waals surface area contributed by atoms with Gasteiger partial charge in [0.05, 0.1) is 0 Å². The molecule has 3 heteroatoms. The highest BCUT2D eigenvalue weighted by Gasteiger charge is 2.20. The molecular formula is C9H12O3. The van der Waals surface area contributed by atoms with Crippen molar-refractivity contribution < 1.29 is 14.9 Å². The molecule has 66 valence electrons. The Balaban J connectivity index is 2.64. The summed E-state index contributed by atoms with van der Waals surface area (Å²) in [5.74, 6) is -0.960. The van der Waals surface area contributed by atoms with Gasteiger partial charge in [0.1, 0.15) is 12.4 Å². The van der Waals surface area contributed by atoms with E-state index < -0.39 is 12.4 Å². The molecule has 0 aliphatic rings. The molecule has 2 N–H and O–H groups in total. The van der Waals surface area contributed by atoms with Crippen LogP contribution in [0.3, 0.4) is 0 Å². The van der Waals surface area contributed by atoms with Crippen molar-refractivity contribution in [1.82, 2.24) is 0 Å². The Morgan fingerprint density at radius 2 is 1.92 bits per heavy atom. The molecule has 1 aromatic carbocycles. The molecule has 0 spiro atoms. The molecule has 1 atom stereocenters. The van der Waals surface area contributed by atoms with Crippen LogP contribution in [0, 0.1) is 0 Å². The van der Waals surface area contributed by atoms with Crippen LogP contribution in [0.4, 0.5) is 0 Å². The van der Waals surface area contributed by atoms with Gasteiger partial charge < -0.3 is 14.9 Å². The van der Waals surface area contributed by atoms with E-state index in [0.29, 0.717) is 5.75 Å². The number of hydrogen-bond acceptors (Lipinski definition) is 3. The van der Waals surface area contributed by atoms with Gasteiger partial charge in [-0.25, -0.2) is 0 Å². The average Bonchev–Trinajstić information content (AvgIpc) is 2.06. The molecule has 12 heavy (non-hydrogen) atoms. The van der Waals surface area contributed by atoms with Crippen molar-refractivity contribution in [2.75, 3.05) is 6.61 Å². The zero-order valence-electron chi connectivity index (χ0n) is 6.90. The van der Waals surface area contributed by atoms with Crippen molar-refractivity contribution in [2.45, 2.75) is 12.7 Å². The minimum Gasteiger partial charge on any atom is -0.460 e. The minimum atomic E-state index is -1.50. The summed E-state index contributed by atoms with van der Waals surface area (Å²) < 4.78 is 5.06. The van der Waals surface area contributed by atoms with Gasteiger partial charge in [-0.15, -0.1) is 0 Å². The second kappa shape index (κ2) is 3.56. The Hall–Kier alpha value is -1.06. The number of aliphatic hydroxyl groups is 2. The van der Waals surface area contributed by atoms with E-state index >= 15 is 0 Å². The summed E-state index contributed by atoms with van der Waals surface area (Å²) in [5.41, 5.74) is 0. The van der Waals surface area contributed by atoms with Gasteiger partial charge in [-0.3, -0.25) is 0 Å². The average molecular weight is 168 g/mol. The first-order chi connectivity index (χ1) is 5.64. The van der Waals surface area contributed by atoms with Crippen LogP contribution in [0.5, 0.6) is 5.75 Å². The summed E-state index contributed by atoms with van der Waals surface area (Å²) in [6.07, 6.45) is 0. The maximum absolute atomic E-state index is 9.30. The van der Waals surface area contributed by atoms with Gasteiger partial charge in [-0.1, -0.05) is 18.2 Å². The summed E-state index contributed by atoms with van der Waals surface area (Å²) in [7, 11) is 0. The Labute approximate surface area is 71.2 Å². The molecule has 1 rings (SSSR count). The molecule has 1 unspecified atom stereocenters. The molecule has 1 aromatic rings. The Bertz CT molecular complexity index is 231. The van der Waals surface area contributed by atoms with E-state index in [9.17, 15) is 5.11 Å². The number of aliphatic hydroxyl groups excluding tert-OH is 1. The molecule has 0 radical (unpaired) electrons. The lowest BCUT2D eigenvalue weighted by atomic mass is 10.3. The number of rotatable bonds is 3. The van der Waals surface area contributed by atoms with Crippen molar-refractivity contribution in [3.05, 3.63) is 30.3 Å². The molecule has 0 saturated heterocycles. The molecule has 0 bridgehead atoms. The third-order valence-corrected chi connectivity index (χ3v) is 1.37. The van der Waals surface area contributed by atoms with E-state index in [0.717, 1.165) is 0 Å². The van der Waals surface area contributed by atoms with Gasteiger partial charge in [-0.05, 0) is 12.1 Å². The summed E-state index contributed by atoms with van der Waals surface area (Å²) in [6, 6.07) is 8.86. The van der Waals surface area contributed by atoms with Crippen molar-refractivity contribution in [2.24, 2.45) is 0 Å². The number of benzene rings is 1. The highest BCUT2D eigenvalue weighted by Crippen LogP contribution is 2.14. The van der Waals surface area contributed by atoms with Gasteiger partial charge in [0.25, 0.3) is 0 Å². The highest BCUT2D eigenvalue weighted by atomic mass is 16.6. The van der Waals surface area contributed by atoms with E-state index in [1.807, 2.05) is 6.07 Å². The largest absolute Gasteiger partial charge is 0.460 e. The first kappa shape index (κ1) is 9.03. The standard InChI is InChI=1S/C9H12O3/c1-9(11,7-10)12-8-5-3-2-4-6-8/h2-6,10-11H,7H2,1H3. The Morgan fingerprint density at radius 3 is 2.42 bits per heavy atom. The van der Waals surface area contributed by atoms with Gasteiger partial charge in [0.15, 0.2) is 0 Å². The van der Waals surface area contributed by atoms with Crippen molar-refractivity contribution in [3.8, 4) is 5.75 Å². The zero-order chi connectivity index (χ0) is 9.03. The van der Waals surface area contributed by atoms with Crippen molar-refractivity contribution in [3.63, 3.8) is 0 Å². The van der Waals surface area contributed by atoms with Crippen LogP contribution in [-0.2, 0) is 0 Å². The van der Waals surface area contributed by atoms with E-state index in [1.165, 1.54) is 6.92 Å². The fraction of sp³-hybridized carbons (Fsp3) is 0.333. The SMILES string of the molecule is CC(O)(CO)Oc1ccccc1. The van der Waals surface area contributed by atoms with Crippen LogP contribution < -0.4 is 4.74 Å². The van der Waals surface area contributed by atoms with Crippen LogP contribution in [-0.4, -0.2) is 22.6 Å². The lowest BCUT2D eigenvalue weighted by Gasteiger charge is -2.21. The molecule has 0 fully saturated rings. The molecule has 0 aliphatic carbocycles. The van der Waals surface area contributed by atoms with Gasteiger partial charge in [0, 0.05) is 6.92 Å². The third kappa shape index (κ3) is 2.53. The molecule has 0 saturated carbocycles. The number of para-hydroxylation sites is 1. The second-order valence-corrected chi connectivity index (χ2v) is 2.75. The lowest BCUT2D eigenvalue weighted by molar-refractivity contribution is -0.150. The summed E-state index contributed by atoms with van der Waals surface area (Å²) in [6.45, 7) is 0.974. The smallest absolute Gasteiger partial charge is 0.228 e. The molecule has 0 heterocycles. The topological polar surface area (TPSA) is 49.7 Å². The minimum absolute atomic E-state index is 0.429. The number of hydrogen-bond donors (Lipinski definition) is 2. The first-order valence-electron chi connectivity index (χ1n) is 3.71. The maximum atomic E-state index is 9.30. The van der Waals surface area contributed by atoms with E-state index in [4.69, 9.17) is 9.84 Å². The molecule has 0 amide bonds. The lowest BCUT2D eigenvalue weighted by Crippen LogP contribution is -2.35. The van der Waals surface area contributed by atoms with Crippen LogP contribution in [0.1, 0.15) is 6.92 Å². The monoisotopic (exact) mass is 168 g/mol. The highest BCUT2D eigenvalue weighted by molar-refractivity contribution is 5.21. The summed E-state index contributed by atoms with van der Waals surface area (Å²) in [4.78, 5) is 0. The summed E-state index contributed by atoms with van der Waals surface area (Å²) >= 11 is 0. The van der Waals surface area contributed by atoms with Gasteiger partial charge in [-0.2, -0.15) is 0 Å². The van der Waals surface area contributed by atoms with E-state index in [-0.39, 0.29) is 0 Å². The van der Waals surface area contributed by atoms with Crippen LogP contribution in [0.15, 0.2) is 30.3 Å². The van der Waals surface area contributed by atoms with Gasteiger partial charge in [0.2, 0.25) is 5.79 Å². The fourth-order valence-electron chi connectivity index (χ4n) is 0.775. The normalized spacial score (nSPS) is 15.2. The first-order valence-corrected chi connectivity index (χ1v) is 3.71. The van der Waals surface area contributed by atoms with E-state index in [2.05, 4.69) is 0 Å². The number of ether oxygens (including phenoxy) is 1. The van der Waals surface area contributed by atoms with Gasteiger partial charge >= 0.3 is 0 Å². The Morgan fingerprint density at radius 1 is 1.33 bits per heavy atom. The molecular weight excluding hydrogens is 156 g/mol. The van der Waals surface area contributed by atoms with Crippen molar-refractivity contribution >= 4 is 0 Å². The second-order valence-electron chi connectivity index (χ2n) is 2.75. The van der Waals surface area contributed by atoms with E-state index in [1.54, 1.807) is 24.3 Å². The predicted molar refractivity (Wildman–Crippen MR) is 44.8 cm³/mol. The third-order valence-electron chi connectivity index (χ3n) is 1.37. The zero-order valence-corrected chi connectivity index (χ0v) is 6.90. The van der Waals surface area contributed by atoms with Crippen LogP contribution in [0.2, 0.25) is 0 Å². The molecule has 0 aromatic heterocycles. The van der Waals surface area contributed by atoms with Crippen molar-refractivity contribution in [1.29, 1.82) is 0 Å². The predicted octanol–water partition coefficient (Wildman–Crippen LogP) is 0.766. The quantitative estimate of drug-likeness (QED) is 0.655. The summed E-state index contributed by atoms with van der Waals surface area (Å²) in [5, 5.41) is 18.0. The molecule has 3 nitrogen and oxygen atoms in total. The van der Waals surface area contributed by atoms with Crippen LogP contribution in [0.25, 0.3) is 0 Å². The fourth-order valence-corrected chi connectivity index (χ4v) is 0.775. The Kier molecular flexibility index (Phi) is 2.68.